The lowest BCUT2D eigenvalue weighted by atomic mass is 9.97. The topological polar surface area (TPSA) is 89.7 Å². The van der Waals surface area contributed by atoms with Crippen molar-refractivity contribution >= 4 is 23.2 Å². The molecule has 3 aromatic rings. The number of carbonyl (C=O) groups is 1. The van der Waals surface area contributed by atoms with Gasteiger partial charge in [0, 0.05) is 22.8 Å². The molecular weight excluding hydrogens is 432 g/mol. The summed E-state index contributed by atoms with van der Waals surface area (Å²) in [5.41, 5.74) is 1.52. The first-order chi connectivity index (χ1) is 15.6. The summed E-state index contributed by atoms with van der Waals surface area (Å²) >= 11 is 5.91. The number of aromatic nitrogens is 2. The maximum Gasteiger partial charge on any atom is 0.241 e. The van der Waals surface area contributed by atoms with Crippen LogP contribution in [0.2, 0.25) is 5.02 Å². The summed E-state index contributed by atoms with van der Waals surface area (Å²) < 4.78 is 16.1. The van der Waals surface area contributed by atoms with Crippen LogP contribution < -0.4 is 14.8 Å². The molecule has 4 rings (SSSR count). The number of hydrogen-bond acceptors (Lipinski definition) is 7. The maximum absolute atomic E-state index is 12.7. The van der Waals surface area contributed by atoms with Gasteiger partial charge < -0.3 is 19.3 Å². The molecule has 1 N–H and O–H groups in total. The number of nitrogens with one attached hydrogen (secondary N) is 1. The minimum absolute atomic E-state index is 0.00793. The fraction of sp³-hybridized carbons (Fsp3) is 0.348. The molecule has 0 bridgehead atoms. The zero-order chi connectivity index (χ0) is 22.5. The van der Waals surface area contributed by atoms with Gasteiger partial charge in [-0.25, -0.2) is 0 Å². The Balaban J connectivity index is 1.38. The number of methoxy groups -OCH3 is 2. The standard InChI is InChI=1S/C23H25ClN4O4/c1-30-19-10-5-15(12-20(19)31-2)22-26-21(32-27-22)14-28-11-3-4-16(13-28)23(29)25-18-8-6-17(24)7-9-18/h5-10,12,16H,3-4,11,13-14H2,1-2H3,(H,25,29)/t16-/m1/s1. The molecule has 168 valence electrons. The number of rotatable bonds is 7. The predicted molar refractivity (Wildman–Crippen MR) is 121 cm³/mol. The Labute approximate surface area is 191 Å². The molecule has 32 heavy (non-hydrogen) atoms. The lowest BCUT2D eigenvalue weighted by Gasteiger charge is -2.30. The monoisotopic (exact) mass is 456 g/mol. The van der Waals surface area contributed by atoms with Crippen molar-refractivity contribution in [2.24, 2.45) is 5.92 Å². The van der Waals surface area contributed by atoms with Crippen LogP contribution in [0, 0.1) is 5.92 Å². The van der Waals surface area contributed by atoms with E-state index in [2.05, 4.69) is 20.4 Å². The number of nitrogens with zero attached hydrogens (tertiary/aromatic N) is 3. The summed E-state index contributed by atoms with van der Waals surface area (Å²) in [6, 6.07) is 12.6. The molecule has 1 aromatic heterocycles. The van der Waals surface area contributed by atoms with Crippen molar-refractivity contribution in [2.45, 2.75) is 19.4 Å². The van der Waals surface area contributed by atoms with Crippen molar-refractivity contribution in [3.8, 4) is 22.9 Å². The molecule has 1 atom stereocenters. The number of amides is 1. The van der Waals surface area contributed by atoms with E-state index in [1.54, 1.807) is 44.6 Å². The van der Waals surface area contributed by atoms with E-state index in [1.165, 1.54) is 0 Å². The number of anilines is 1. The Morgan fingerprint density at radius 3 is 2.72 bits per heavy atom. The zero-order valence-electron chi connectivity index (χ0n) is 18.0. The SMILES string of the molecule is COc1ccc(-c2noc(CN3CCC[C@@H](C(=O)Nc4ccc(Cl)cc4)C3)n2)cc1OC. The maximum atomic E-state index is 12.7. The van der Waals surface area contributed by atoms with Crippen LogP contribution in [0.15, 0.2) is 47.0 Å². The van der Waals surface area contributed by atoms with Crippen LogP contribution in [0.25, 0.3) is 11.4 Å². The van der Waals surface area contributed by atoms with Gasteiger partial charge in [0.05, 0.1) is 26.7 Å². The van der Waals surface area contributed by atoms with E-state index in [0.29, 0.717) is 41.3 Å². The second-order valence-corrected chi connectivity index (χ2v) is 8.09. The highest BCUT2D eigenvalue weighted by Crippen LogP contribution is 2.31. The largest absolute Gasteiger partial charge is 0.493 e. The molecule has 2 aromatic carbocycles. The summed E-state index contributed by atoms with van der Waals surface area (Å²) in [4.78, 5) is 19.4. The molecule has 0 radical (unpaired) electrons. The summed E-state index contributed by atoms with van der Waals surface area (Å²) in [6.07, 6.45) is 1.77. The molecule has 2 heterocycles. The van der Waals surface area contributed by atoms with Gasteiger partial charge in [0.15, 0.2) is 11.5 Å². The number of hydrogen-bond donors (Lipinski definition) is 1. The van der Waals surface area contributed by atoms with E-state index in [-0.39, 0.29) is 11.8 Å². The molecule has 0 saturated carbocycles. The van der Waals surface area contributed by atoms with E-state index in [4.69, 9.17) is 25.6 Å². The number of likely N-dealkylation sites (tertiary alicyclic amines) is 1. The first kappa shape index (κ1) is 22.1. The third-order valence-corrected chi connectivity index (χ3v) is 5.71. The van der Waals surface area contributed by atoms with Crippen molar-refractivity contribution in [1.29, 1.82) is 0 Å². The highest BCUT2D eigenvalue weighted by atomic mass is 35.5. The van der Waals surface area contributed by atoms with E-state index < -0.39 is 0 Å². The zero-order valence-corrected chi connectivity index (χ0v) is 18.8. The van der Waals surface area contributed by atoms with Gasteiger partial charge in [-0.2, -0.15) is 4.98 Å². The Kier molecular flexibility index (Phi) is 6.92. The molecule has 9 heteroatoms. The van der Waals surface area contributed by atoms with Crippen LogP contribution >= 0.6 is 11.6 Å². The lowest BCUT2D eigenvalue weighted by Crippen LogP contribution is -2.40. The Bertz CT molecular complexity index is 1070. The van der Waals surface area contributed by atoms with E-state index in [1.807, 2.05) is 12.1 Å². The first-order valence-electron chi connectivity index (χ1n) is 10.4. The number of piperidine rings is 1. The van der Waals surface area contributed by atoms with Gasteiger partial charge in [0.2, 0.25) is 17.6 Å². The van der Waals surface area contributed by atoms with Crippen molar-refractivity contribution in [2.75, 3.05) is 32.6 Å². The molecular formula is C23H25ClN4O4. The van der Waals surface area contributed by atoms with Gasteiger partial charge in [0.25, 0.3) is 0 Å². The summed E-state index contributed by atoms with van der Waals surface area (Å²) in [5, 5.41) is 7.71. The molecule has 0 aliphatic carbocycles. The highest BCUT2D eigenvalue weighted by Gasteiger charge is 2.27. The third-order valence-electron chi connectivity index (χ3n) is 5.46. The van der Waals surface area contributed by atoms with Crippen LogP contribution in [0.3, 0.4) is 0 Å². The van der Waals surface area contributed by atoms with Crippen LogP contribution in [0.5, 0.6) is 11.5 Å². The van der Waals surface area contributed by atoms with Gasteiger partial charge in [-0.1, -0.05) is 16.8 Å². The summed E-state index contributed by atoms with van der Waals surface area (Å²) in [7, 11) is 3.17. The Hall–Kier alpha value is -3.10. The van der Waals surface area contributed by atoms with Gasteiger partial charge in [0.1, 0.15) is 0 Å². The minimum Gasteiger partial charge on any atom is -0.493 e. The second kappa shape index (κ2) is 10.0. The van der Waals surface area contributed by atoms with Crippen LogP contribution in [0.1, 0.15) is 18.7 Å². The normalized spacial score (nSPS) is 16.5. The van der Waals surface area contributed by atoms with Crippen LogP contribution in [0.4, 0.5) is 5.69 Å². The van der Waals surface area contributed by atoms with Gasteiger partial charge in [-0.15, -0.1) is 0 Å². The molecule has 0 spiro atoms. The molecule has 1 saturated heterocycles. The molecule has 1 aliphatic heterocycles. The molecule has 0 unspecified atom stereocenters. The van der Waals surface area contributed by atoms with Crippen molar-refractivity contribution in [1.82, 2.24) is 15.0 Å². The smallest absolute Gasteiger partial charge is 0.241 e. The third kappa shape index (κ3) is 5.20. The second-order valence-electron chi connectivity index (χ2n) is 7.65. The summed E-state index contributed by atoms with van der Waals surface area (Å²) in [5.74, 6) is 2.13. The predicted octanol–water partition coefficient (Wildman–Crippen LogP) is 4.26. The van der Waals surface area contributed by atoms with Crippen molar-refractivity contribution in [3.63, 3.8) is 0 Å². The number of halogens is 1. The molecule has 1 fully saturated rings. The van der Waals surface area contributed by atoms with Crippen LogP contribution in [-0.2, 0) is 11.3 Å². The Morgan fingerprint density at radius 2 is 1.97 bits per heavy atom. The average molecular weight is 457 g/mol. The minimum atomic E-state index is -0.104. The number of ether oxygens (including phenoxy) is 2. The lowest BCUT2D eigenvalue weighted by molar-refractivity contribution is -0.121. The van der Waals surface area contributed by atoms with Crippen molar-refractivity contribution < 1.29 is 18.8 Å². The Morgan fingerprint density at radius 1 is 1.19 bits per heavy atom. The fourth-order valence-corrected chi connectivity index (χ4v) is 3.92. The van der Waals surface area contributed by atoms with Gasteiger partial charge in [-0.05, 0) is 61.9 Å². The van der Waals surface area contributed by atoms with E-state index in [9.17, 15) is 4.79 Å². The number of carbonyl (C=O) groups excluding carboxylic acids is 1. The number of benzene rings is 2. The molecule has 1 amide bonds. The fourth-order valence-electron chi connectivity index (χ4n) is 3.79. The highest BCUT2D eigenvalue weighted by molar-refractivity contribution is 6.30. The quantitative estimate of drug-likeness (QED) is 0.568. The first-order valence-corrected chi connectivity index (χ1v) is 10.8. The van der Waals surface area contributed by atoms with Crippen LogP contribution in [-0.4, -0.2) is 48.3 Å². The van der Waals surface area contributed by atoms with Gasteiger partial charge in [-0.3, -0.25) is 9.69 Å². The average Bonchev–Trinajstić information content (AvgIpc) is 3.28. The summed E-state index contributed by atoms with van der Waals surface area (Å²) in [6.45, 7) is 2.00. The van der Waals surface area contributed by atoms with Crippen molar-refractivity contribution in [3.05, 3.63) is 53.4 Å². The molecule has 1 aliphatic rings. The van der Waals surface area contributed by atoms with E-state index in [0.717, 1.165) is 30.6 Å². The molecule has 8 nitrogen and oxygen atoms in total. The van der Waals surface area contributed by atoms with Gasteiger partial charge >= 0.3 is 0 Å². The van der Waals surface area contributed by atoms with E-state index >= 15 is 0 Å².